The number of urea groups is 1. The van der Waals surface area contributed by atoms with Crippen LogP contribution in [-0.2, 0) is 24.8 Å². The van der Waals surface area contributed by atoms with Gasteiger partial charge in [-0.1, -0.05) is 0 Å². The Morgan fingerprint density at radius 1 is 1.03 bits per heavy atom. The van der Waals surface area contributed by atoms with Crippen LogP contribution in [0.25, 0.3) is 11.4 Å². The van der Waals surface area contributed by atoms with Crippen molar-refractivity contribution in [1.29, 1.82) is 0 Å². The van der Waals surface area contributed by atoms with Gasteiger partial charge in [0.1, 0.15) is 11.6 Å². The first-order valence-electron chi connectivity index (χ1n) is 13.0. The molecule has 2 amide bonds. The lowest BCUT2D eigenvalue weighted by molar-refractivity contribution is 0.0984. The number of aromatic nitrogens is 6. The van der Waals surface area contributed by atoms with E-state index in [1.165, 1.54) is 5.56 Å². The third-order valence-corrected chi connectivity index (χ3v) is 6.98. The lowest BCUT2D eigenvalue weighted by atomic mass is 10.0. The Bertz CT molecular complexity index is 1460. The molecule has 1 atom stereocenters. The summed E-state index contributed by atoms with van der Waals surface area (Å²) in [6.45, 7) is 5.69. The van der Waals surface area contributed by atoms with E-state index >= 15 is 0 Å². The minimum Gasteiger partial charge on any atom is -0.377 e. The first-order valence-corrected chi connectivity index (χ1v) is 13.0. The lowest BCUT2D eigenvalue weighted by Crippen LogP contribution is -2.45. The van der Waals surface area contributed by atoms with E-state index in [1.807, 2.05) is 30.3 Å². The largest absolute Gasteiger partial charge is 0.377 e. The molecule has 1 fully saturated rings. The van der Waals surface area contributed by atoms with Crippen LogP contribution in [-0.4, -0.2) is 68.1 Å². The van der Waals surface area contributed by atoms with Crippen LogP contribution in [0.5, 0.6) is 0 Å². The fourth-order valence-electron chi connectivity index (χ4n) is 4.92. The Morgan fingerprint density at radius 3 is 2.59 bits per heavy atom. The number of carbonyl (C=O) groups excluding carboxylic acids is 1. The Hall–Kier alpha value is -4.58. The number of nitrogens with one attached hydrogen (secondary N) is 2. The van der Waals surface area contributed by atoms with Gasteiger partial charge in [-0.05, 0) is 43.7 Å². The molecule has 0 unspecified atom stereocenters. The van der Waals surface area contributed by atoms with Gasteiger partial charge in [-0.3, -0.25) is 10.00 Å². The van der Waals surface area contributed by atoms with E-state index in [0.29, 0.717) is 43.0 Å². The number of anilines is 4. The second kappa shape index (κ2) is 10.7. The molecule has 4 aromatic rings. The number of ether oxygens (including phenoxy) is 1. The van der Waals surface area contributed by atoms with Crippen LogP contribution in [0.3, 0.4) is 0 Å². The predicted octanol–water partition coefficient (Wildman–Crippen LogP) is 3.10. The van der Waals surface area contributed by atoms with Gasteiger partial charge in [0.15, 0.2) is 5.82 Å². The molecule has 0 saturated carbocycles. The summed E-state index contributed by atoms with van der Waals surface area (Å²) < 4.78 is 7.29. The monoisotopic (exact) mass is 526 g/mol. The molecule has 0 aliphatic carbocycles. The Kier molecular flexibility index (Phi) is 6.76. The average Bonchev–Trinajstić information content (AvgIpc) is 3.37. The van der Waals surface area contributed by atoms with Crippen molar-refractivity contribution < 1.29 is 9.53 Å². The molecule has 6 rings (SSSR count). The highest BCUT2D eigenvalue weighted by Gasteiger charge is 2.29. The normalized spacial score (nSPS) is 17.0. The van der Waals surface area contributed by atoms with E-state index in [2.05, 4.69) is 42.4 Å². The molecular formula is C27H30N10O2. The van der Waals surface area contributed by atoms with Crippen LogP contribution in [0.2, 0.25) is 0 Å². The number of aryl methyl sites for hydroxylation is 1. The van der Waals surface area contributed by atoms with Crippen LogP contribution < -0.4 is 20.4 Å². The zero-order valence-electron chi connectivity index (χ0n) is 21.9. The molecule has 1 aromatic carbocycles. The molecule has 12 heteroatoms. The first kappa shape index (κ1) is 24.7. The van der Waals surface area contributed by atoms with Gasteiger partial charge in [0.05, 0.1) is 37.7 Å². The number of hydrogen-bond acceptors (Lipinski definition) is 9. The second-order valence-corrected chi connectivity index (χ2v) is 9.63. The molecule has 2 aliphatic rings. The molecule has 1 saturated heterocycles. The van der Waals surface area contributed by atoms with Gasteiger partial charge >= 0.3 is 6.03 Å². The summed E-state index contributed by atoms with van der Waals surface area (Å²) in [5.74, 6) is 2.91. The number of carbonyl (C=O) groups is 1. The number of nitrogens with zero attached hydrogens (tertiary/aromatic N) is 8. The first-order chi connectivity index (χ1) is 19.0. The molecule has 12 nitrogen and oxygen atoms in total. The number of amides is 2. The van der Waals surface area contributed by atoms with Crippen LogP contribution in [0.1, 0.15) is 18.2 Å². The molecule has 39 heavy (non-hydrogen) atoms. The maximum atomic E-state index is 12.4. The Balaban J connectivity index is 1.28. The number of hydrogen-bond donors (Lipinski definition) is 2. The molecule has 200 valence electrons. The Labute approximate surface area is 226 Å². The highest BCUT2D eigenvalue weighted by molar-refractivity contribution is 5.99. The fourth-order valence-corrected chi connectivity index (χ4v) is 4.92. The molecule has 2 aliphatic heterocycles. The minimum atomic E-state index is -0.344. The van der Waals surface area contributed by atoms with Crippen molar-refractivity contribution in [2.24, 2.45) is 7.05 Å². The predicted molar refractivity (Wildman–Crippen MR) is 148 cm³/mol. The van der Waals surface area contributed by atoms with Gasteiger partial charge in [-0.15, -0.1) is 0 Å². The van der Waals surface area contributed by atoms with Gasteiger partial charge in [-0.2, -0.15) is 5.10 Å². The number of rotatable bonds is 5. The van der Waals surface area contributed by atoms with E-state index in [0.717, 1.165) is 36.6 Å². The molecule has 3 aromatic heterocycles. The van der Waals surface area contributed by atoms with E-state index < -0.39 is 0 Å². The quantitative estimate of drug-likeness (QED) is 0.403. The highest BCUT2D eigenvalue weighted by atomic mass is 16.5. The summed E-state index contributed by atoms with van der Waals surface area (Å²) in [5.41, 5.74) is 3.67. The summed E-state index contributed by atoms with van der Waals surface area (Å²) in [4.78, 5) is 35.9. The van der Waals surface area contributed by atoms with Gasteiger partial charge in [0, 0.05) is 55.4 Å². The summed E-state index contributed by atoms with van der Waals surface area (Å²) in [7, 11) is 1.76. The maximum absolute atomic E-state index is 12.4. The maximum Gasteiger partial charge on any atom is 0.324 e. The number of fused-ring (bicyclic) bond motifs is 1. The van der Waals surface area contributed by atoms with Crippen molar-refractivity contribution in [2.45, 2.75) is 25.9 Å². The average molecular weight is 527 g/mol. The van der Waals surface area contributed by atoms with Gasteiger partial charge in [-0.25, -0.2) is 24.7 Å². The number of morpholine rings is 1. The van der Waals surface area contributed by atoms with E-state index in [1.54, 1.807) is 36.4 Å². The second-order valence-electron chi connectivity index (χ2n) is 9.63. The van der Waals surface area contributed by atoms with Gasteiger partial charge in [0.25, 0.3) is 0 Å². The standard InChI is InChI=1S/C27H30N10O2/c1-18-17-39-15-14-37(18)25-21-9-13-36(26-28-10-3-11-29-26)16-22(21)32-24(34-25)19-4-6-20(7-5-19)31-27(38)33-23-8-12-30-35(23)2/h3-8,10-12,18H,9,13-17H2,1-2H3,(H2,31,33,38)/t18-/m0/s1. The van der Waals surface area contributed by atoms with Crippen molar-refractivity contribution in [3.05, 3.63) is 66.2 Å². The molecule has 0 radical (unpaired) electrons. The van der Waals surface area contributed by atoms with Crippen LogP contribution in [0.4, 0.5) is 28.1 Å². The summed E-state index contributed by atoms with van der Waals surface area (Å²) in [6, 6.07) is 11.0. The summed E-state index contributed by atoms with van der Waals surface area (Å²) in [5, 5.41) is 9.69. The van der Waals surface area contributed by atoms with Crippen LogP contribution in [0, 0.1) is 0 Å². The molecule has 0 bridgehead atoms. The Morgan fingerprint density at radius 2 is 1.85 bits per heavy atom. The lowest BCUT2D eigenvalue weighted by Gasteiger charge is -2.37. The van der Waals surface area contributed by atoms with Crippen LogP contribution >= 0.6 is 0 Å². The summed E-state index contributed by atoms with van der Waals surface area (Å²) in [6.07, 6.45) is 5.95. The van der Waals surface area contributed by atoms with Crippen molar-refractivity contribution >= 4 is 29.3 Å². The molecule has 0 spiro atoms. The van der Waals surface area contributed by atoms with Crippen molar-refractivity contribution in [2.75, 3.05) is 46.7 Å². The van der Waals surface area contributed by atoms with Crippen molar-refractivity contribution in [1.82, 2.24) is 29.7 Å². The molecule has 5 heterocycles. The molecule has 2 N–H and O–H groups in total. The minimum absolute atomic E-state index is 0.214. The number of benzene rings is 1. The van der Waals surface area contributed by atoms with Gasteiger partial charge < -0.3 is 19.9 Å². The van der Waals surface area contributed by atoms with E-state index in [-0.39, 0.29) is 12.1 Å². The van der Waals surface area contributed by atoms with Crippen molar-refractivity contribution in [3.63, 3.8) is 0 Å². The zero-order valence-corrected chi connectivity index (χ0v) is 21.9. The summed E-state index contributed by atoms with van der Waals surface area (Å²) >= 11 is 0. The van der Waals surface area contributed by atoms with E-state index in [9.17, 15) is 4.79 Å². The highest BCUT2D eigenvalue weighted by Crippen LogP contribution is 2.32. The zero-order chi connectivity index (χ0) is 26.8. The van der Waals surface area contributed by atoms with Crippen LogP contribution in [0.15, 0.2) is 55.0 Å². The third-order valence-electron chi connectivity index (χ3n) is 6.98. The molecular weight excluding hydrogens is 496 g/mol. The smallest absolute Gasteiger partial charge is 0.324 e. The van der Waals surface area contributed by atoms with Gasteiger partial charge in [0.2, 0.25) is 5.95 Å². The van der Waals surface area contributed by atoms with E-state index in [4.69, 9.17) is 14.7 Å². The van der Waals surface area contributed by atoms with Crippen molar-refractivity contribution in [3.8, 4) is 11.4 Å². The fraction of sp³-hybridized carbons (Fsp3) is 0.333. The topological polar surface area (TPSA) is 126 Å². The SMILES string of the molecule is C[C@H]1COCCN1c1nc(-c2ccc(NC(=O)Nc3ccnn3C)cc2)nc2c1CCN(c1ncccn1)C2. The third kappa shape index (κ3) is 5.23.